The van der Waals surface area contributed by atoms with Crippen molar-refractivity contribution in [3.63, 3.8) is 0 Å². The molecule has 0 aliphatic carbocycles. The zero-order valence-corrected chi connectivity index (χ0v) is 17.2. The zero-order chi connectivity index (χ0) is 21.8. The predicted molar refractivity (Wildman–Crippen MR) is 119 cm³/mol. The van der Waals surface area contributed by atoms with Crippen LogP contribution in [0.3, 0.4) is 0 Å². The number of nitrogens with zero attached hydrogens (tertiary/aromatic N) is 2. The number of rotatable bonds is 6. The van der Waals surface area contributed by atoms with E-state index in [-0.39, 0.29) is 11.7 Å². The molecule has 0 spiro atoms. The number of benzene rings is 3. The first-order chi connectivity index (χ1) is 15.0. The molecule has 0 fully saturated rings. The molecular formula is C25H21FN2O3. The molecule has 0 unspecified atom stereocenters. The van der Waals surface area contributed by atoms with Crippen LogP contribution in [0.4, 0.5) is 10.1 Å². The lowest BCUT2D eigenvalue weighted by Crippen LogP contribution is -2.21. The minimum absolute atomic E-state index is 0.271. The van der Waals surface area contributed by atoms with Crippen molar-refractivity contribution in [1.82, 2.24) is 0 Å². The van der Waals surface area contributed by atoms with Gasteiger partial charge in [0.25, 0.3) is 5.91 Å². The lowest BCUT2D eigenvalue weighted by Gasteiger charge is -2.12. The van der Waals surface area contributed by atoms with Crippen molar-refractivity contribution < 1.29 is 18.7 Å². The highest BCUT2D eigenvalue weighted by atomic mass is 19.1. The predicted octanol–water partition coefficient (Wildman–Crippen LogP) is 5.22. The maximum atomic E-state index is 13.2. The summed E-state index contributed by atoms with van der Waals surface area (Å²) in [5.41, 5.74) is 3.39. The van der Waals surface area contributed by atoms with Gasteiger partial charge in [0.15, 0.2) is 11.5 Å². The first-order valence-corrected chi connectivity index (χ1v) is 9.77. The van der Waals surface area contributed by atoms with Crippen LogP contribution in [0.2, 0.25) is 0 Å². The molecule has 1 aliphatic heterocycles. The molecule has 3 aromatic rings. The molecule has 0 aromatic heterocycles. The van der Waals surface area contributed by atoms with Crippen LogP contribution in [0, 0.1) is 5.82 Å². The molecule has 1 heterocycles. The van der Waals surface area contributed by atoms with Crippen LogP contribution in [0.1, 0.15) is 18.1 Å². The molecule has 31 heavy (non-hydrogen) atoms. The van der Waals surface area contributed by atoms with Crippen molar-refractivity contribution >= 4 is 23.4 Å². The van der Waals surface area contributed by atoms with Gasteiger partial charge in [-0.15, -0.1) is 0 Å². The van der Waals surface area contributed by atoms with Gasteiger partial charge >= 0.3 is 0 Å². The van der Waals surface area contributed by atoms with E-state index >= 15 is 0 Å². The Morgan fingerprint density at radius 1 is 1.00 bits per heavy atom. The summed E-state index contributed by atoms with van der Waals surface area (Å²) >= 11 is 0. The molecule has 0 atom stereocenters. The fourth-order valence-electron chi connectivity index (χ4n) is 3.24. The molecule has 5 nitrogen and oxygen atoms in total. The van der Waals surface area contributed by atoms with Gasteiger partial charge in [0, 0.05) is 0 Å². The van der Waals surface area contributed by atoms with E-state index in [1.165, 1.54) is 29.3 Å². The molecule has 1 amide bonds. The topological polar surface area (TPSA) is 51.1 Å². The first-order valence-electron chi connectivity index (χ1n) is 9.77. The van der Waals surface area contributed by atoms with E-state index in [9.17, 15) is 9.18 Å². The summed E-state index contributed by atoms with van der Waals surface area (Å²) in [6.45, 7) is 2.19. The van der Waals surface area contributed by atoms with Gasteiger partial charge in [-0.1, -0.05) is 36.4 Å². The minimum atomic E-state index is -0.367. The Morgan fingerprint density at radius 3 is 2.45 bits per heavy atom. The number of carbonyl (C=O) groups excluding carboxylic acids is 1. The minimum Gasteiger partial charge on any atom is -0.493 e. The quantitative estimate of drug-likeness (QED) is 0.518. The van der Waals surface area contributed by atoms with Crippen LogP contribution in [-0.2, 0) is 11.4 Å². The van der Waals surface area contributed by atoms with Gasteiger partial charge < -0.3 is 9.47 Å². The molecule has 0 radical (unpaired) electrons. The summed E-state index contributed by atoms with van der Waals surface area (Å²) in [4.78, 5) is 12.9. The van der Waals surface area contributed by atoms with Crippen LogP contribution in [0.25, 0.3) is 6.08 Å². The van der Waals surface area contributed by atoms with E-state index in [4.69, 9.17) is 9.47 Å². The van der Waals surface area contributed by atoms with E-state index in [2.05, 4.69) is 5.10 Å². The van der Waals surface area contributed by atoms with Crippen LogP contribution in [0.5, 0.6) is 11.5 Å². The maximum Gasteiger partial charge on any atom is 0.280 e. The standard InChI is InChI=1S/C25H21FN2O3/c1-17-22(25(29)28(27-17)21-11-9-20(26)10-12-21)14-19-8-13-23(24(15-19)30-2)31-16-18-6-4-3-5-7-18/h3-15H,16H2,1-2H3/b22-14-. The third kappa shape index (κ3) is 4.48. The van der Waals surface area contributed by atoms with E-state index in [0.717, 1.165) is 11.1 Å². The van der Waals surface area contributed by atoms with Gasteiger partial charge in [0.05, 0.1) is 24.1 Å². The number of halogens is 1. The number of hydrogen-bond acceptors (Lipinski definition) is 4. The number of hydrazone groups is 1. The molecule has 6 heteroatoms. The van der Waals surface area contributed by atoms with Crippen molar-refractivity contribution in [3.05, 3.63) is 95.3 Å². The highest BCUT2D eigenvalue weighted by Crippen LogP contribution is 2.31. The lowest BCUT2D eigenvalue weighted by atomic mass is 10.1. The van der Waals surface area contributed by atoms with Gasteiger partial charge in [-0.25, -0.2) is 4.39 Å². The Morgan fingerprint density at radius 2 is 1.74 bits per heavy atom. The average Bonchev–Trinajstić information content (AvgIpc) is 3.07. The second-order valence-corrected chi connectivity index (χ2v) is 7.02. The van der Waals surface area contributed by atoms with Crippen molar-refractivity contribution in [3.8, 4) is 11.5 Å². The van der Waals surface area contributed by atoms with Crippen molar-refractivity contribution in [2.45, 2.75) is 13.5 Å². The number of methoxy groups -OCH3 is 1. The normalized spacial score (nSPS) is 14.7. The average molecular weight is 416 g/mol. The molecule has 0 N–H and O–H groups in total. The van der Waals surface area contributed by atoms with Crippen LogP contribution in [-0.4, -0.2) is 18.7 Å². The number of anilines is 1. The largest absolute Gasteiger partial charge is 0.493 e. The summed E-state index contributed by atoms with van der Waals surface area (Å²) in [6, 6.07) is 21.0. The number of hydrogen-bond donors (Lipinski definition) is 0. The fourth-order valence-corrected chi connectivity index (χ4v) is 3.24. The number of carbonyl (C=O) groups is 1. The summed E-state index contributed by atoms with van der Waals surface area (Å²) in [5.74, 6) is 0.547. The number of ether oxygens (including phenoxy) is 2. The van der Waals surface area contributed by atoms with E-state index < -0.39 is 0 Å². The Labute approximate surface area is 180 Å². The van der Waals surface area contributed by atoms with Crippen molar-refractivity contribution in [1.29, 1.82) is 0 Å². The summed E-state index contributed by atoms with van der Waals surface area (Å²) < 4.78 is 24.6. The summed E-state index contributed by atoms with van der Waals surface area (Å²) in [5, 5.41) is 5.60. The monoisotopic (exact) mass is 416 g/mol. The van der Waals surface area contributed by atoms with Crippen molar-refractivity contribution in [2.75, 3.05) is 12.1 Å². The van der Waals surface area contributed by atoms with Gasteiger partial charge in [0.1, 0.15) is 12.4 Å². The Balaban J connectivity index is 1.54. The SMILES string of the molecule is COc1cc(/C=C2\C(=O)N(c3ccc(F)cc3)N=C2C)ccc1OCc1ccccc1. The van der Waals surface area contributed by atoms with Crippen LogP contribution in [0.15, 0.2) is 83.5 Å². The van der Waals surface area contributed by atoms with E-state index in [1.807, 2.05) is 48.5 Å². The fraction of sp³-hybridized carbons (Fsp3) is 0.120. The molecular weight excluding hydrogens is 395 g/mol. The molecule has 156 valence electrons. The van der Waals surface area contributed by atoms with E-state index in [0.29, 0.717) is 35.1 Å². The maximum absolute atomic E-state index is 13.2. The van der Waals surface area contributed by atoms with Gasteiger partial charge in [-0.3, -0.25) is 4.79 Å². The first kappa shape index (κ1) is 20.3. The van der Waals surface area contributed by atoms with Gasteiger partial charge in [-0.05, 0) is 60.5 Å². The number of amides is 1. The second kappa shape index (κ2) is 8.83. The zero-order valence-electron chi connectivity index (χ0n) is 17.2. The molecule has 0 saturated carbocycles. The van der Waals surface area contributed by atoms with Gasteiger partial charge in [0.2, 0.25) is 0 Å². The summed E-state index contributed by atoms with van der Waals surface area (Å²) in [7, 11) is 1.57. The third-order valence-corrected chi connectivity index (χ3v) is 4.87. The smallest absolute Gasteiger partial charge is 0.280 e. The molecule has 3 aromatic carbocycles. The third-order valence-electron chi connectivity index (χ3n) is 4.87. The lowest BCUT2D eigenvalue weighted by molar-refractivity contribution is -0.114. The molecule has 0 saturated heterocycles. The highest BCUT2D eigenvalue weighted by molar-refractivity contribution is 6.32. The highest BCUT2D eigenvalue weighted by Gasteiger charge is 2.28. The molecule has 1 aliphatic rings. The van der Waals surface area contributed by atoms with Crippen LogP contribution < -0.4 is 14.5 Å². The molecule has 0 bridgehead atoms. The Hall–Kier alpha value is -3.93. The van der Waals surface area contributed by atoms with Crippen LogP contribution >= 0.6 is 0 Å². The molecule has 4 rings (SSSR count). The Bertz CT molecular complexity index is 1160. The summed E-state index contributed by atoms with van der Waals surface area (Å²) in [6.07, 6.45) is 1.76. The second-order valence-electron chi connectivity index (χ2n) is 7.02. The Kier molecular flexibility index (Phi) is 5.80. The van der Waals surface area contributed by atoms with Crippen molar-refractivity contribution in [2.24, 2.45) is 5.10 Å². The van der Waals surface area contributed by atoms with E-state index in [1.54, 1.807) is 20.1 Å². The van der Waals surface area contributed by atoms with Gasteiger partial charge in [-0.2, -0.15) is 10.1 Å².